The number of benzene rings is 1. The van der Waals surface area contributed by atoms with Crippen LogP contribution in [0.3, 0.4) is 0 Å². The molecule has 0 saturated carbocycles. The number of aromatic nitrogens is 2. The van der Waals surface area contributed by atoms with Gasteiger partial charge in [-0.2, -0.15) is 5.10 Å². The van der Waals surface area contributed by atoms with E-state index in [0.717, 1.165) is 0 Å². The number of halogens is 3. The lowest BCUT2D eigenvalue weighted by atomic mass is 10.0. The summed E-state index contributed by atoms with van der Waals surface area (Å²) in [4.78, 5) is 0. The van der Waals surface area contributed by atoms with Crippen LogP contribution in [0.15, 0.2) is 30.5 Å². The van der Waals surface area contributed by atoms with Crippen LogP contribution in [0.5, 0.6) is 0 Å². The van der Waals surface area contributed by atoms with Gasteiger partial charge in [0.2, 0.25) is 0 Å². The van der Waals surface area contributed by atoms with E-state index in [1.54, 1.807) is 10.7 Å². The van der Waals surface area contributed by atoms with E-state index in [4.69, 9.17) is 11.6 Å². The molecule has 0 bridgehead atoms. The Morgan fingerprint density at radius 3 is 2.68 bits per heavy atom. The van der Waals surface area contributed by atoms with Gasteiger partial charge in [0, 0.05) is 12.1 Å². The maximum Gasteiger partial charge on any atom is 0.263 e. The van der Waals surface area contributed by atoms with Gasteiger partial charge in [0.15, 0.2) is 0 Å². The van der Waals surface area contributed by atoms with Crippen molar-refractivity contribution in [1.29, 1.82) is 0 Å². The van der Waals surface area contributed by atoms with Gasteiger partial charge in [0.1, 0.15) is 6.10 Å². The Labute approximate surface area is 114 Å². The van der Waals surface area contributed by atoms with Crippen LogP contribution in [-0.2, 0) is 6.54 Å². The second kappa shape index (κ2) is 5.67. The fourth-order valence-corrected chi connectivity index (χ4v) is 2.16. The largest absolute Gasteiger partial charge is 0.382 e. The Bertz CT molecular complexity index is 572. The van der Waals surface area contributed by atoms with Crippen molar-refractivity contribution in [3.63, 3.8) is 0 Å². The van der Waals surface area contributed by atoms with E-state index in [2.05, 4.69) is 5.10 Å². The van der Waals surface area contributed by atoms with E-state index >= 15 is 0 Å². The topological polar surface area (TPSA) is 38.0 Å². The van der Waals surface area contributed by atoms with Crippen LogP contribution in [-0.4, -0.2) is 14.9 Å². The molecule has 1 N–H and O–H groups in total. The number of rotatable bonds is 4. The van der Waals surface area contributed by atoms with Gasteiger partial charge in [0.25, 0.3) is 6.43 Å². The van der Waals surface area contributed by atoms with Gasteiger partial charge in [-0.05, 0) is 18.6 Å². The summed E-state index contributed by atoms with van der Waals surface area (Å²) in [5, 5.41) is 14.6. The molecule has 0 aliphatic heterocycles. The molecule has 0 radical (unpaired) electrons. The Hall–Kier alpha value is -1.46. The molecule has 0 fully saturated rings. The minimum absolute atomic E-state index is 0.129. The highest BCUT2D eigenvalue weighted by Gasteiger charge is 2.20. The number of alkyl halides is 2. The molecular formula is C13H13ClF2N2O. The van der Waals surface area contributed by atoms with Crippen LogP contribution in [0.4, 0.5) is 8.78 Å². The van der Waals surface area contributed by atoms with Crippen molar-refractivity contribution in [2.24, 2.45) is 0 Å². The molecule has 2 aromatic rings. The molecular weight excluding hydrogens is 274 g/mol. The van der Waals surface area contributed by atoms with Crippen molar-refractivity contribution in [1.82, 2.24) is 9.78 Å². The summed E-state index contributed by atoms with van der Waals surface area (Å²) in [6, 6.07) is 5.67. The molecule has 0 aliphatic rings. The Kier molecular flexibility index (Phi) is 4.17. The quantitative estimate of drug-likeness (QED) is 0.933. The van der Waals surface area contributed by atoms with Crippen molar-refractivity contribution in [3.05, 3.63) is 52.3 Å². The van der Waals surface area contributed by atoms with E-state index in [9.17, 15) is 13.9 Å². The van der Waals surface area contributed by atoms with E-state index in [-0.39, 0.29) is 5.56 Å². The van der Waals surface area contributed by atoms with Gasteiger partial charge in [0.05, 0.1) is 16.9 Å². The molecule has 6 heteroatoms. The molecule has 102 valence electrons. The van der Waals surface area contributed by atoms with Crippen molar-refractivity contribution >= 4 is 11.6 Å². The highest BCUT2D eigenvalue weighted by atomic mass is 35.5. The first-order valence-corrected chi connectivity index (χ1v) is 6.19. The normalized spacial score (nSPS) is 12.9. The first kappa shape index (κ1) is 14.0. The summed E-state index contributed by atoms with van der Waals surface area (Å²) in [7, 11) is 0. The molecule has 1 aromatic heterocycles. The lowest BCUT2D eigenvalue weighted by Gasteiger charge is -2.14. The molecule has 19 heavy (non-hydrogen) atoms. The monoisotopic (exact) mass is 286 g/mol. The Morgan fingerprint density at radius 1 is 1.37 bits per heavy atom. The van der Waals surface area contributed by atoms with Gasteiger partial charge in [-0.25, -0.2) is 8.78 Å². The number of aliphatic hydroxyl groups is 1. The second-order valence-corrected chi connectivity index (χ2v) is 4.47. The number of hydrogen-bond acceptors (Lipinski definition) is 2. The summed E-state index contributed by atoms with van der Waals surface area (Å²) in [5.41, 5.74) is 0.653. The third-order valence-corrected chi connectivity index (χ3v) is 3.16. The second-order valence-electron chi connectivity index (χ2n) is 4.07. The summed E-state index contributed by atoms with van der Waals surface area (Å²) < 4.78 is 26.8. The van der Waals surface area contributed by atoms with Crippen molar-refractivity contribution < 1.29 is 13.9 Å². The highest BCUT2D eigenvalue weighted by Crippen LogP contribution is 2.30. The highest BCUT2D eigenvalue weighted by molar-refractivity contribution is 6.31. The summed E-state index contributed by atoms with van der Waals surface area (Å²) in [6.07, 6.45) is -2.21. The van der Waals surface area contributed by atoms with Crippen LogP contribution in [0.1, 0.15) is 36.3 Å². The first-order chi connectivity index (χ1) is 9.04. The van der Waals surface area contributed by atoms with Gasteiger partial charge < -0.3 is 5.11 Å². The molecule has 1 unspecified atom stereocenters. The minimum atomic E-state index is -2.57. The predicted octanol–water partition coefficient (Wildman–Crippen LogP) is 3.58. The Morgan fingerprint density at radius 2 is 2.05 bits per heavy atom. The average molecular weight is 287 g/mol. The maximum atomic E-state index is 12.7. The van der Waals surface area contributed by atoms with E-state index in [0.29, 0.717) is 22.8 Å². The number of hydrogen-bond donors (Lipinski definition) is 1. The summed E-state index contributed by atoms with van der Waals surface area (Å²) in [6.45, 7) is 2.39. The molecule has 1 aromatic carbocycles. The van der Waals surface area contributed by atoms with Crippen LogP contribution in [0.25, 0.3) is 0 Å². The molecule has 0 saturated heterocycles. The average Bonchev–Trinajstić information content (AvgIpc) is 2.79. The van der Waals surface area contributed by atoms with Crippen molar-refractivity contribution in [2.75, 3.05) is 0 Å². The van der Waals surface area contributed by atoms with Crippen molar-refractivity contribution in [3.8, 4) is 0 Å². The summed E-state index contributed by atoms with van der Waals surface area (Å²) in [5.74, 6) is 0. The molecule has 2 rings (SSSR count). The predicted molar refractivity (Wildman–Crippen MR) is 68.4 cm³/mol. The zero-order valence-corrected chi connectivity index (χ0v) is 11.0. The van der Waals surface area contributed by atoms with Crippen molar-refractivity contribution in [2.45, 2.75) is 26.0 Å². The standard InChI is InChI=1S/C13H13ClF2N2O/c1-2-18-11(10(14)7-17-18)12(19)8-4-3-5-9(6-8)13(15)16/h3-7,12-13,19H,2H2,1H3. The fraction of sp³-hybridized carbons (Fsp3) is 0.308. The zero-order valence-electron chi connectivity index (χ0n) is 10.2. The maximum absolute atomic E-state index is 12.7. The molecule has 1 atom stereocenters. The number of nitrogens with zero attached hydrogens (tertiary/aromatic N) is 2. The van der Waals surface area contributed by atoms with E-state index in [1.807, 2.05) is 6.92 Å². The van der Waals surface area contributed by atoms with Gasteiger partial charge >= 0.3 is 0 Å². The zero-order chi connectivity index (χ0) is 14.0. The van der Waals surface area contributed by atoms with Gasteiger partial charge in [-0.15, -0.1) is 0 Å². The third kappa shape index (κ3) is 2.77. The molecule has 0 spiro atoms. The van der Waals surface area contributed by atoms with Crippen LogP contribution in [0.2, 0.25) is 5.02 Å². The van der Waals surface area contributed by atoms with Gasteiger partial charge in [-0.1, -0.05) is 29.8 Å². The summed E-state index contributed by atoms with van der Waals surface area (Å²) >= 11 is 5.98. The Balaban J connectivity index is 2.41. The fourth-order valence-electron chi connectivity index (χ4n) is 1.92. The number of aliphatic hydroxyl groups excluding tert-OH is 1. The number of aryl methyl sites for hydroxylation is 1. The van der Waals surface area contributed by atoms with Crippen LogP contribution < -0.4 is 0 Å². The van der Waals surface area contributed by atoms with Crippen LogP contribution >= 0.6 is 11.6 Å². The minimum Gasteiger partial charge on any atom is -0.382 e. The van der Waals surface area contributed by atoms with Crippen LogP contribution in [0, 0.1) is 0 Å². The molecule has 3 nitrogen and oxygen atoms in total. The first-order valence-electron chi connectivity index (χ1n) is 5.81. The lowest BCUT2D eigenvalue weighted by molar-refractivity contribution is 0.150. The third-order valence-electron chi connectivity index (χ3n) is 2.87. The van der Waals surface area contributed by atoms with E-state index < -0.39 is 12.5 Å². The van der Waals surface area contributed by atoms with E-state index in [1.165, 1.54) is 24.4 Å². The molecule has 1 heterocycles. The molecule has 0 amide bonds. The smallest absolute Gasteiger partial charge is 0.263 e. The van der Waals surface area contributed by atoms with Gasteiger partial charge in [-0.3, -0.25) is 4.68 Å². The SMILES string of the molecule is CCn1ncc(Cl)c1C(O)c1cccc(C(F)F)c1. The molecule has 0 aliphatic carbocycles. The lowest BCUT2D eigenvalue weighted by Crippen LogP contribution is -2.09.